The molecule has 0 aliphatic carbocycles. The van der Waals surface area contributed by atoms with Crippen molar-refractivity contribution < 1.29 is 10.2 Å². The summed E-state index contributed by atoms with van der Waals surface area (Å²) in [5.74, 6) is 0. The zero-order chi connectivity index (χ0) is 7.70. The zero-order valence-electron chi connectivity index (χ0n) is 7.09. The quantitative estimate of drug-likeness (QED) is 0.511. The summed E-state index contributed by atoms with van der Waals surface area (Å²) < 4.78 is 0. The third kappa shape index (κ3) is 78.1. The third-order valence-electron chi connectivity index (χ3n) is 0.498. The van der Waals surface area contributed by atoms with Gasteiger partial charge in [0.05, 0.1) is 0 Å². The van der Waals surface area contributed by atoms with Crippen LogP contribution in [0.2, 0.25) is 0 Å². The van der Waals surface area contributed by atoms with Crippen molar-refractivity contribution in [1.82, 2.24) is 0 Å². The molecule has 0 atom stereocenters. The molecule has 1 radical (unpaired) electrons. The van der Waals surface area contributed by atoms with Crippen LogP contribution in [-0.2, 0) is 0 Å². The van der Waals surface area contributed by atoms with Gasteiger partial charge in [-0.1, -0.05) is 33.6 Å². The van der Waals surface area contributed by atoms with Crippen molar-refractivity contribution in [3.8, 4) is 0 Å². The van der Waals surface area contributed by atoms with Gasteiger partial charge in [0.25, 0.3) is 0 Å². The van der Waals surface area contributed by atoms with Crippen LogP contribution >= 0.6 is 0 Å². The summed E-state index contributed by atoms with van der Waals surface area (Å²) in [5.41, 5.74) is 0. The van der Waals surface area contributed by atoms with E-state index in [2.05, 4.69) is 0 Å². The summed E-state index contributed by atoms with van der Waals surface area (Å²) in [4.78, 5) is 0. The molecule has 2 nitrogen and oxygen atoms in total. The average Bonchev–Trinajstić information content (AvgIpc) is 1.66. The Hall–Kier alpha value is 0.452. The van der Waals surface area contributed by atoms with Gasteiger partial charge in [0.15, 0.2) is 0 Å². The molecule has 10 heavy (non-hydrogen) atoms. The van der Waals surface area contributed by atoms with Gasteiger partial charge in [0.2, 0.25) is 0 Å². The van der Waals surface area contributed by atoms with E-state index < -0.39 is 6.10 Å². The first-order valence-corrected chi connectivity index (χ1v) is 3.39. The van der Waals surface area contributed by atoms with Gasteiger partial charge in [0, 0.05) is 0 Å². The van der Waals surface area contributed by atoms with Gasteiger partial charge in [-0.2, -0.15) is 0 Å². The molecular formula is C7H16AlO2. The van der Waals surface area contributed by atoms with Crippen molar-refractivity contribution in [2.75, 3.05) is 6.61 Å². The first-order chi connectivity index (χ1) is 4.15. The van der Waals surface area contributed by atoms with E-state index >= 15 is 0 Å². The third-order valence-corrected chi connectivity index (χ3v) is 0.498. The van der Waals surface area contributed by atoms with E-state index in [0.29, 0.717) is 0 Å². The predicted octanol–water partition coefficient (Wildman–Crippen LogP) is -0.479. The molecular weight excluding hydrogens is 143 g/mol. The zero-order valence-corrected chi connectivity index (χ0v) is 8.25. The molecule has 0 amide bonds. The molecule has 0 bridgehead atoms. The molecule has 0 aromatic carbocycles. The minimum Gasteiger partial charge on any atom is -0.854 e. The van der Waals surface area contributed by atoms with Gasteiger partial charge in [-0.15, -0.1) is 12.7 Å². The number of hydrogen-bond acceptors (Lipinski definition) is 2. The molecule has 3 heteroatoms. The summed E-state index contributed by atoms with van der Waals surface area (Å²) in [5, 5.41) is 19.1. The number of unbranched alkanes of at least 4 members (excludes halogenated alkanes) is 1. The van der Waals surface area contributed by atoms with Crippen LogP contribution in [0, 0.1) is 0 Å². The van der Waals surface area contributed by atoms with E-state index in [1.165, 1.54) is 0 Å². The van der Waals surface area contributed by atoms with E-state index in [1.807, 2.05) is 6.92 Å². The van der Waals surface area contributed by atoms with Crippen molar-refractivity contribution >= 4 is 17.4 Å². The second kappa shape index (κ2) is 16.2. The Morgan fingerprint density at radius 1 is 1.30 bits per heavy atom. The number of rotatable bonds is 2. The van der Waals surface area contributed by atoms with Crippen LogP contribution in [0.15, 0.2) is 0 Å². The van der Waals surface area contributed by atoms with Crippen molar-refractivity contribution in [2.24, 2.45) is 0 Å². The van der Waals surface area contributed by atoms with Crippen LogP contribution in [0.4, 0.5) is 0 Å². The van der Waals surface area contributed by atoms with Crippen molar-refractivity contribution in [3.63, 3.8) is 0 Å². The van der Waals surface area contributed by atoms with Crippen molar-refractivity contribution in [3.05, 3.63) is 0 Å². The van der Waals surface area contributed by atoms with Crippen LogP contribution in [0.3, 0.4) is 0 Å². The molecule has 0 aromatic rings. The summed E-state index contributed by atoms with van der Waals surface area (Å²) >= 11 is 0. The van der Waals surface area contributed by atoms with E-state index in [-0.39, 0.29) is 24.0 Å². The summed E-state index contributed by atoms with van der Waals surface area (Å²) in [7, 11) is 0. The van der Waals surface area contributed by atoms with E-state index in [4.69, 9.17) is 0 Å². The second-order valence-corrected chi connectivity index (χ2v) is 2.11. The molecule has 0 saturated heterocycles. The maximum Gasteiger partial charge on any atom is 2.00 e. The maximum absolute atomic E-state index is 9.53. The Kier molecular flexibility index (Phi) is 27.3. The maximum atomic E-state index is 9.53. The van der Waals surface area contributed by atoms with Crippen LogP contribution in [-0.4, -0.2) is 30.1 Å². The Morgan fingerprint density at radius 3 is 1.60 bits per heavy atom. The summed E-state index contributed by atoms with van der Waals surface area (Å²) in [6, 6.07) is 0. The molecule has 0 saturated carbocycles. The van der Waals surface area contributed by atoms with Gasteiger partial charge >= 0.3 is 17.4 Å². The van der Waals surface area contributed by atoms with E-state index in [0.717, 1.165) is 12.8 Å². The Balaban J connectivity index is -0.0000000910. The monoisotopic (exact) mass is 159 g/mol. The van der Waals surface area contributed by atoms with Crippen LogP contribution in [0.5, 0.6) is 0 Å². The van der Waals surface area contributed by atoms with Crippen LogP contribution in [0.1, 0.15) is 33.6 Å². The molecule has 0 spiro atoms. The van der Waals surface area contributed by atoms with Gasteiger partial charge < -0.3 is 10.2 Å². The molecule has 0 unspecified atom stereocenters. The van der Waals surface area contributed by atoms with Gasteiger partial charge in [0.1, 0.15) is 0 Å². The molecule has 0 fully saturated rings. The SMILES string of the molecule is CC(C)[O-].CCCC[O-].[Al+2]. The van der Waals surface area contributed by atoms with Crippen LogP contribution < -0.4 is 10.2 Å². The van der Waals surface area contributed by atoms with Crippen molar-refractivity contribution in [1.29, 1.82) is 0 Å². The standard InChI is InChI=1S/C4H9O.C3H7O.Al/c1-2-3-4-5;1-3(2)4;/h2-4H2,1H3;3H,1-2H3;/q2*-1;+2. The van der Waals surface area contributed by atoms with Crippen LogP contribution in [0.25, 0.3) is 0 Å². The minimum absolute atomic E-state index is 0. The first kappa shape index (κ1) is 16.8. The van der Waals surface area contributed by atoms with Gasteiger partial charge in [-0.05, 0) is 0 Å². The fourth-order valence-corrected chi connectivity index (χ4v) is 0.144. The fraction of sp³-hybridized carbons (Fsp3) is 1.00. The Morgan fingerprint density at radius 2 is 1.60 bits per heavy atom. The number of hydrogen-bond donors (Lipinski definition) is 0. The smallest absolute Gasteiger partial charge is 0.854 e. The second-order valence-electron chi connectivity index (χ2n) is 2.11. The Labute approximate surface area is 74.4 Å². The van der Waals surface area contributed by atoms with E-state index in [1.54, 1.807) is 13.8 Å². The van der Waals surface area contributed by atoms with E-state index in [9.17, 15) is 10.2 Å². The largest absolute Gasteiger partial charge is 2.00 e. The fourth-order valence-electron chi connectivity index (χ4n) is 0.144. The summed E-state index contributed by atoms with van der Waals surface area (Å²) in [6.07, 6.45) is 1.45. The summed E-state index contributed by atoms with van der Waals surface area (Å²) in [6.45, 7) is 5.33. The molecule has 0 rings (SSSR count). The minimum atomic E-state index is -0.417. The Bertz CT molecular complexity index is 35.8. The van der Waals surface area contributed by atoms with Gasteiger partial charge in [-0.25, -0.2) is 0 Å². The average molecular weight is 159 g/mol. The molecule has 0 aliphatic rings. The predicted molar refractivity (Wildman–Crippen MR) is 40.7 cm³/mol. The first-order valence-electron chi connectivity index (χ1n) is 3.39. The molecule has 0 aliphatic heterocycles. The van der Waals surface area contributed by atoms with Crippen molar-refractivity contribution in [2.45, 2.75) is 39.7 Å². The molecule has 0 aromatic heterocycles. The molecule has 0 heterocycles. The molecule has 59 valence electrons. The molecule has 0 N–H and O–H groups in total. The normalized spacial score (nSPS) is 7.80. The topological polar surface area (TPSA) is 46.1 Å². The van der Waals surface area contributed by atoms with Gasteiger partial charge in [-0.3, -0.25) is 0 Å².